The number of hydrogen-bond donors (Lipinski definition) is 1. The monoisotopic (exact) mass is 425 g/mol. The van der Waals surface area contributed by atoms with Gasteiger partial charge in [0.2, 0.25) is 0 Å². The van der Waals surface area contributed by atoms with Crippen molar-refractivity contribution in [1.29, 1.82) is 5.26 Å². The van der Waals surface area contributed by atoms with Gasteiger partial charge in [0.1, 0.15) is 0 Å². The van der Waals surface area contributed by atoms with Crippen LogP contribution in [0.25, 0.3) is 11.4 Å². The van der Waals surface area contributed by atoms with Gasteiger partial charge >= 0.3 is 0 Å². The third kappa shape index (κ3) is 4.65. The minimum absolute atomic E-state index is 0.150. The number of aromatic nitrogens is 3. The van der Waals surface area contributed by atoms with Crippen LogP contribution in [0.3, 0.4) is 0 Å². The van der Waals surface area contributed by atoms with Gasteiger partial charge < -0.3 is 9.88 Å². The van der Waals surface area contributed by atoms with Crippen molar-refractivity contribution >= 4 is 23.4 Å². The predicted molar refractivity (Wildman–Crippen MR) is 122 cm³/mol. The van der Waals surface area contributed by atoms with Crippen molar-refractivity contribution in [1.82, 2.24) is 14.8 Å². The second-order valence-corrected chi connectivity index (χ2v) is 7.76. The molecular weight excluding hydrogens is 406 g/mol. The van der Waals surface area contributed by atoms with Crippen molar-refractivity contribution in [3.05, 3.63) is 95.6 Å². The lowest BCUT2D eigenvalue weighted by atomic mass is 10.1. The molecule has 0 atom stereocenters. The maximum absolute atomic E-state index is 12.3. The van der Waals surface area contributed by atoms with Crippen LogP contribution in [0.2, 0.25) is 0 Å². The number of nitrogens with one attached hydrogen (secondary N) is 1. The van der Waals surface area contributed by atoms with Crippen LogP contribution < -0.4 is 5.32 Å². The molecule has 0 bridgehead atoms. The first kappa shape index (κ1) is 20.4. The summed E-state index contributed by atoms with van der Waals surface area (Å²) < 4.78 is 1.93. The average molecular weight is 426 g/mol. The van der Waals surface area contributed by atoms with Gasteiger partial charge in [0, 0.05) is 29.6 Å². The van der Waals surface area contributed by atoms with Crippen LogP contribution in [0.5, 0.6) is 0 Å². The second kappa shape index (κ2) is 9.28. The molecule has 0 aliphatic rings. The molecule has 3 aromatic carbocycles. The number of nitriles is 1. The molecule has 0 radical (unpaired) electrons. The third-order valence-corrected chi connectivity index (χ3v) is 5.84. The fraction of sp³-hybridized carbons (Fsp3) is 0.0833. The van der Waals surface area contributed by atoms with Gasteiger partial charge in [-0.2, -0.15) is 5.26 Å². The molecule has 0 aliphatic heterocycles. The van der Waals surface area contributed by atoms with Crippen molar-refractivity contribution < 1.29 is 4.79 Å². The lowest BCUT2D eigenvalue weighted by Crippen LogP contribution is -2.11. The van der Waals surface area contributed by atoms with E-state index in [4.69, 9.17) is 0 Å². The Hall–Kier alpha value is -3.89. The van der Waals surface area contributed by atoms with Gasteiger partial charge in [0.25, 0.3) is 5.91 Å². The summed E-state index contributed by atoms with van der Waals surface area (Å²) in [5.41, 5.74) is 3.86. The molecule has 1 N–H and O–H groups in total. The van der Waals surface area contributed by atoms with Crippen LogP contribution in [-0.2, 0) is 12.8 Å². The number of nitrogens with zero attached hydrogens (tertiary/aromatic N) is 4. The summed E-state index contributed by atoms with van der Waals surface area (Å²) in [6, 6.07) is 26.4. The standard InChI is InChI=1S/C24H19N5OS/c1-29-22(27-28-24(29)31-16-20-10-6-5-9-19(20)15-25)17-11-13-21(14-12-17)26-23(30)18-7-3-2-4-8-18/h2-14H,16H2,1H3,(H,26,30). The third-order valence-electron chi connectivity index (χ3n) is 4.77. The van der Waals surface area contributed by atoms with E-state index in [0.29, 0.717) is 22.6 Å². The number of amides is 1. The molecule has 0 saturated heterocycles. The van der Waals surface area contributed by atoms with Crippen molar-refractivity contribution in [3.63, 3.8) is 0 Å². The summed E-state index contributed by atoms with van der Waals surface area (Å²) in [4.78, 5) is 12.3. The number of benzene rings is 3. The lowest BCUT2D eigenvalue weighted by Gasteiger charge is -2.07. The highest BCUT2D eigenvalue weighted by atomic mass is 32.2. The minimum Gasteiger partial charge on any atom is -0.322 e. The minimum atomic E-state index is -0.150. The Kier molecular flexibility index (Phi) is 6.11. The number of anilines is 1. The maximum atomic E-state index is 12.3. The van der Waals surface area contributed by atoms with Gasteiger partial charge in [0.05, 0.1) is 11.6 Å². The highest BCUT2D eigenvalue weighted by Crippen LogP contribution is 2.27. The van der Waals surface area contributed by atoms with Crippen molar-refractivity contribution in [3.8, 4) is 17.5 Å². The van der Waals surface area contributed by atoms with Gasteiger partial charge in [0.15, 0.2) is 11.0 Å². The molecule has 1 amide bonds. The van der Waals surface area contributed by atoms with E-state index in [1.54, 1.807) is 12.1 Å². The molecule has 0 saturated carbocycles. The molecule has 31 heavy (non-hydrogen) atoms. The smallest absolute Gasteiger partial charge is 0.255 e. The first-order valence-corrected chi connectivity index (χ1v) is 10.6. The molecule has 0 fully saturated rings. The molecule has 0 unspecified atom stereocenters. The zero-order valence-electron chi connectivity index (χ0n) is 16.8. The SMILES string of the molecule is Cn1c(SCc2ccccc2C#N)nnc1-c1ccc(NC(=O)c2ccccc2)cc1. The highest BCUT2D eigenvalue weighted by Gasteiger charge is 2.13. The van der Waals surface area contributed by atoms with Gasteiger partial charge in [-0.15, -0.1) is 10.2 Å². The Labute approximate surface area is 184 Å². The molecule has 6 nitrogen and oxygen atoms in total. The zero-order chi connectivity index (χ0) is 21.6. The van der Waals surface area contributed by atoms with Crippen LogP contribution in [-0.4, -0.2) is 20.7 Å². The summed E-state index contributed by atoms with van der Waals surface area (Å²) in [5, 5.41) is 21.5. The quantitative estimate of drug-likeness (QED) is 0.444. The average Bonchev–Trinajstić information content (AvgIpc) is 3.19. The molecule has 1 heterocycles. The molecule has 4 rings (SSSR count). The summed E-state index contributed by atoms with van der Waals surface area (Å²) in [5.74, 6) is 1.22. The molecule has 0 aliphatic carbocycles. The molecule has 1 aromatic heterocycles. The van der Waals surface area contributed by atoms with E-state index in [9.17, 15) is 10.1 Å². The van der Waals surface area contributed by atoms with E-state index in [-0.39, 0.29) is 5.91 Å². The van der Waals surface area contributed by atoms with Crippen LogP contribution in [0.4, 0.5) is 5.69 Å². The van der Waals surface area contributed by atoms with E-state index in [2.05, 4.69) is 21.6 Å². The first-order valence-electron chi connectivity index (χ1n) is 9.63. The molecule has 0 spiro atoms. The highest BCUT2D eigenvalue weighted by molar-refractivity contribution is 7.98. The Balaban J connectivity index is 1.45. The molecular formula is C24H19N5OS. The van der Waals surface area contributed by atoms with Crippen LogP contribution >= 0.6 is 11.8 Å². The summed E-state index contributed by atoms with van der Waals surface area (Å²) >= 11 is 1.54. The number of rotatable bonds is 6. The van der Waals surface area contributed by atoms with E-state index >= 15 is 0 Å². The summed E-state index contributed by atoms with van der Waals surface area (Å²) in [6.45, 7) is 0. The van der Waals surface area contributed by atoms with E-state index in [0.717, 1.165) is 22.1 Å². The van der Waals surface area contributed by atoms with Crippen molar-refractivity contribution in [2.75, 3.05) is 5.32 Å². The van der Waals surface area contributed by atoms with Crippen molar-refractivity contribution in [2.24, 2.45) is 7.05 Å². The maximum Gasteiger partial charge on any atom is 0.255 e. The summed E-state index contributed by atoms with van der Waals surface area (Å²) in [7, 11) is 1.92. The van der Waals surface area contributed by atoms with Crippen LogP contribution in [0.15, 0.2) is 84.0 Å². The fourth-order valence-electron chi connectivity index (χ4n) is 3.08. The Morgan fingerprint density at radius 3 is 2.45 bits per heavy atom. The Morgan fingerprint density at radius 2 is 1.71 bits per heavy atom. The first-order chi connectivity index (χ1) is 15.2. The summed E-state index contributed by atoms with van der Waals surface area (Å²) in [6.07, 6.45) is 0. The number of hydrogen-bond acceptors (Lipinski definition) is 5. The topological polar surface area (TPSA) is 83.6 Å². The second-order valence-electron chi connectivity index (χ2n) is 6.82. The Bertz CT molecular complexity index is 1240. The zero-order valence-corrected chi connectivity index (χ0v) is 17.6. The van der Waals surface area contributed by atoms with Gasteiger partial charge in [-0.25, -0.2) is 0 Å². The van der Waals surface area contributed by atoms with Gasteiger partial charge in [-0.1, -0.05) is 48.2 Å². The van der Waals surface area contributed by atoms with Gasteiger partial charge in [-0.3, -0.25) is 4.79 Å². The normalized spacial score (nSPS) is 10.5. The lowest BCUT2D eigenvalue weighted by molar-refractivity contribution is 0.102. The number of carbonyl (C=O) groups excluding carboxylic acids is 1. The van der Waals surface area contributed by atoms with Gasteiger partial charge in [-0.05, 0) is 48.0 Å². The molecule has 4 aromatic rings. The number of thioether (sulfide) groups is 1. The predicted octanol–water partition coefficient (Wildman–Crippen LogP) is 4.90. The largest absolute Gasteiger partial charge is 0.322 e. The number of carbonyl (C=O) groups is 1. The van der Waals surface area contributed by atoms with Crippen LogP contribution in [0, 0.1) is 11.3 Å². The van der Waals surface area contributed by atoms with E-state index in [1.807, 2.05) is 78.3 Å². The Morgan fingerprint density at radius 1 is 1.00 bits per heavy atom. The molecule has 7 heteroatoms. The molecule has 152 valence electrons. The van der Waals surface area contributed by atoms with E-state index in [1.165, 1.54) is 11.8 Å². The van der Waals surface area contributed by atoms with Crippen molar-refractivity contribution in [2.45, 2.75) is 10.9 Å². The van der Waals surface area contributed by atoms with E-state index < -0.39 is 0 Å². The van der Waals surface area contributed by atoms with Crippen LogP contribution in [0.1, 0.15) is 21.5 Å². The fourth-order valence-corrected chi connectivity index (χ4v) is 4.00.